The molecule has 0 unspecified atom stereocenters. The van der Waals surface area contributed by atoms with Crippen LogP contribution in [0.15, 0.2) is 12.1 Å². The van der Waals surface area contributed by atoms with E-state index in [-0.39, 0.29) is 12.3 Å². The van der Waals surface area contributed by atoms with E-state index in [1.54, 1.807) is 6.07 Å². The first-order valence-electron chi connectivity index (χ1n) is 5.42. The first kappa shape index (κ1) is 15.2. The van der Waals surface area contributed by atoms with Crippen LogP contribution in [0.1, 0.15) is 19.4 Å². The summed E-state index contributed by atoms with van der Waals surface area (Å²) in [6.07, 6.45) is 0.424. The maximum absolute atomic E-state index is 11.0. The molecule has 0 atom stereocenters. The predicted molar refractivity (Wildman–Crippen MR) is 76.9 cm³/mol. The third-order valence-corrected chi connectivity index (χ3v) is 3.49. The number of aliphatic hydroxyl groups excluding tert-OH is 1. The number of rotatable bonds is 5. The van der Waals surface area contributed by atoms with E-state index < -0.39 is 10.3 Å². The van der Waals surface area contributed by atoms with Crippen LogP contribution in [0.25, 0.3) is 0 Å². The van der Waals surface area contributed by atoms with Crippen molar-refractivity contribution in [3.8, 4) is 5.75 Å². The number of nitro groups is 1. The van der Waals surface area contributed by atoms with E-state index in [4.69, 9.17) is 4.74 Å². The van der Waals surface area contributed by atoms with Gasteiger partial charge in [0.05, 0.1) is 15.6 Å². The minimum absolute atomic E-state index is 0.0293. The Kier molecular flexibility index (Phi) is 4.92. The van der Waals surface area contributed by atoms with Crippen molar-refractivity contribution in [1.29, 1.82) is 0 Å². The second-order valence-corrected chi connectivity index (χ2v) is 6.03. The molecule has 0 aromatic heterocycles. The molecule has 5 nitrogen and oxygen atoms in total. The molecule has 0 amide bonds. The van der Waals surface area contributed by atoms with Crippen LogP contribution in [-0.2, 0) is 6.42 Å². The van der Waals surface area contributed by atoms with Gasteiger partial charge in [-0.3, -0.25) is 10.1 Å². The summed E-state index contributed by atoms with van der Waals surface area (Å²) in [4.78, 5) is 10.6. The van der Waals surface area contributed by atoms with Crippen molar-refractivity contribution < 1.29 is 14.8 Å². The molecule has 0 fully saturated rings. The van der Waals surface area contributed by atoms with Gasteiger partial charge < -0.3 is 9.84 Å². The number of aliphatic hydroxyl groups is 1. The molecular formula is C12H16INO4. The predicted octanol–water partition coefficient (Wildman–Crippen LogP) is 2.77. The van der Waals surface area contributed by atoms with Crippen molar-refractivity contribution in [2.24, 2.45) is 5.41 Å². The van der Waals surface area contributed by atoms with Crippen LogP contribution in [0.2, 0.25) is 0 Å². The molecule has 0 bridgehead atoms. The van der Waals surface area contributed by atoms with Crippen LogP contribution in [0.4, 0.5) is 5.69 Å². The molecule has 0 heterocycles. The summed E-state index contributed by atoms with van der Waals surface area (Å²) in [6.45, 7) is 3.70. The molecule has 1 rings (SSSR count). The van der Waals surface area contributed by atoms with Crippen molar-refractivity contribution in [2.75, 3.05) is 13.7 Å². The number of methoxy groups -OCH3 is 1. The summed E-state index contributed by atoms with van der Waals surface area (Å²) in [5.74, 6) is 0.616. The lowest BCUT2D eigenvalue weighted by atomic mass is 9.86. The summed E-state index contributed by atoms with van der Waals surface area (Å²) >= 11 is 2.00. The molecular weight excluding hydrogens is 349 g/mol. The number of nitrogens with zero attached hydrogens (tertiary/aromatic N) is 1. The van der Waals surface area contributed by atoms with Gasteiger partial charge in [0, 0.05) is 18.2 Å². The van der Waals surface area contributed by atoms with Crippen LogP contribution >= 0.6 is 22.6 Å². The molecule has 1 aromatic carbocycles. The second kappa shape index (κ2) is 5.83. The molecule has 0 saturated heterocycles. The molecule has 18 heavy (non-hydrogen) atoms. The summed E-state index contributed by atoms with van der Waals surface area (Å²) in [6, 6.07) is 3.18. The Morgan fingerprint density at radius 2 is 2.11 bits per heavy atom. The van der Waals surface area contributed by atoms with Crippen LogP contribution in [-0.4, -0.2) is 23.7 Å². The van der Waals surface area contributed by atoms with E-state index in [0.29, 0.717) is 21.3 Å². The molecule has 1 aromatic rings. The van der Waals surface area contributed by atoms with Crippen molar-refractivity contribution in [3.63, 3.8) is 0 Å². The van der Waals surface area contributed by atoms with Gasteiger partial charge >= 0.3 is 0 Å². The fourth-order valence-corrected chi connectivity index (χ4v) is 2.30. The number of hydrogen-bond acceptors (Lipinski definition) is 4. The minimum Gasteiger partial charge on any atom is -0.496 e. The van der Waals surface area contributed by atoms with Gasteiger partial charge in [0.25, 0.3) is 5.69 Å². The Morgan fingerprint density at radius 3 is 2.56 bits per heavy atom. The van der Waals surface area contributed by atoms with E-state index in [0.717, 1.165) is 0 Å². The molecule has 0 aliphatic heterocycles. The van der Waals surface area contributed by atoms with Crippen LogP contribution < -0.4 is 4.74 Å². The maximum Gasteiger partial charge on any atom is 0.273 e. The largest absolute Gasteiger partial charge is 0.496 e. The molecule has 0 aliphatic carbocycles. The number of nitro benzene ring substituents is 1. The zero-order chi connectivity index (χ0) is 13.9. The third kappa shape index (κ3) is 3.55. The fourth-order valence-electron chi connectivity index (χ4n) is 1.62. The van der Waals surface area contributed by atoms with E-state index in [2.05, 4.69) is 0 Å². The van der Waals surface area contributed by atoms with E-state index in [1.165, 1.54) is 13.2 Å². The lowest BCUT2D eigenvalue weighted by molar-refractivity contribution is -0.385. The molecule has 100 valence electrons. The van der Waals surface area contributed by atoms with Gasteiger partial charge in [0.1, 0.15) is 5.75 Å². The van der Waals surface area contributed by atoms with Gasteiger partial charge in [-0.05, 0) is 40.5 Å². The quantitative estimate of drug-likeness (QED) is 0.495. The van der Waals surface area contributed by atoms with Gasteiger partial charge in [0.15, 0.2) is 0 Å². The Bertz CT molecular complexity index is 460. The number of hydrogen-bond donors (Lipinski definition) is 1. The van der Waals surface area contributed by atoms with Gasteiger partial charge in [-0.1, -0.05) is 13.8 Å². The highest BCUT2D eigenvalue weighted by molar-refractivity contribution is 14.1. The molecule has 1 N–H and O–H groups in total. The number of benzene rings is 1. The Hall–Kier alpha value is -0.890. The van der Waals surface area contributed by atoms with Crippen LogP contribution in [0.5, 0.6) is 5.75 Å². The van der Waals surface area contributed by atoms with Crippen LogP contribution in [0, 0.1) is 19.1 Å². The van der Waals surface area contributed by atoms with Crippen molar-refractivity contribution in [2.45, 2.75) is 20.3 Å². The van der Waals surface area contributed by atoms with Gasteiger partial charge in [-0.15, -0.1) is 0 Å². The van der Waals surface area contributed by atoms with E-state index >= 15 is 0 Å². The van der Waals surface area contributed by atoms with Crippen LogP contribution in [0.3, 0.4) is 0 Å². The maximum atomic E-state index is 11.0. The summed E-state index contributed by atoms with van der Waals surface area (Å²) in [5, 5.41) is 20.3. The first-order valence-corrected chi connectivity index (χ1v) is 6.50. The highest BCUT2D eigenvalue weighted by Crippen LogP contribution is 2.33. The standard InChI is InChI=1S/C12H16INO4/c1-12(2,7-15)6-8-4-11(18-3)9(13)5-10(8)14(16)17/h4-5,15H,6-7H2,1-3H3. The van der Waals surface area contributed by atoms with E-state index in [1.807, 2.05) is 36.4 Å². The fraction of sp³-hybridized carbons (Fsp3) is 0.500. The second-order valence-electron chi connectivity index (χ2n) is 4.87. The molecule has 0 saturated carbocycles. The lowest BCUT2D eigenvalue weighted by Crippen LogP contribution is -2.20. The molecule has 0 aliphatic rings. The number of halogens is 1. The lowest BCUT2D eigenvalue weighted by Gasteiger charge is -2.21. The molecule has 0 spiro atoms. The highest BCUT2D eigenvalue weighted by Gasteiger charge is 2.24. The van der Waals surface area contributed by atoms with Gasteiger partial charge in [0.2, 0.25) is 0 Å². The smallest absolute Gasteiger partial charge is 0.273 e. The van der Waals surface area contributed by atoms with Crippen molar-refractivity contribution in [1.82, 2.24) is 0 Å². The SMILES string of the molecule is COc1cc(CC(C)(C)CO)c([N+](=O)[O-])cc1I. The average Bonchev–Trinajstić information content (AvgIpc) is 2.30. The molecule has 6 heteroatoms. The summed E-state index contributed by atoms with van der Waals surface area (Å²) < 4.78 is 5.88. The minimum atomic E-state index is -0.400. The highest BCUT2D eigenvalue weighted by atomic mass is 127. The third-order valence-electron chi connectivity index (χ3n) is 2.65. The topological polar surface area (TPSA) is 72.6 Å². The normalized spacial score (nSPS) is 11.4. The summed E-state index contributed by atoms with van der Waals surface area (Å²) in [5.41, 5.74) is 0.251. The average molecular weight is 365 g/mol. The van der Waals surface area contributed by atoms with E-state index in [9.17, 15) is 15.2 Å². The van der Waals surface area contributed by atoms with Crippen molar-refractivity contribution in [3.05, 3.63) is 31.4 Å². The molecule has 0 radical (unpaired) electrons. The summed E-state index contributed by atoms with van der Waals surface area (Å²) in [7, 11) is 1.53. The van der Waals surface area contributed by atoms with Crippen molar-refractivity contribution >= 4 is 28.3 Å². The zero-order valence-electron chi connectivity index (χ0n) is 10.6. The van der Waals surface area contributed by atoms with Gasteiger partial charge in [-0.25, -0.2) is 0 Å². The van der Waals surface area contributed by atoms with Gasteiger partial charge in [-0.2, -0.15) is 0 Å². The Labute approximate surface area is 119 Å². The number of ether oxygens (including phenoxy) is 1. The Balaban J connectivity index is 3.26. The zero-order valence-corrected chi connectivity index (χ0v) is 12.7. The first-order chi connectivity index (χ1) is 8.30. The monoisotopic (exact) mass is 365 g/mol. The Morgan fingerprint density at radius 1 is 1.50 bits per heavy atom.